The van der Waals surface area contributed by atoms with E-state index in [-0.39, 0.29) is 48.4 Å². The van der Waals surface area contributed by atoms with Crippen molar-refractivity contribution >= 4 is 42.8 Å². The van der Waals surface area contributed by atoms with E-state index in [1.54, 1.807) is 18.2 Å². The Labute approximate surface area is 322 Å². The lowest BCUT2D eigenvalue weighted by Crippen LogP contribution is -2.51. The van der Waals surface area contributed by atoms with Crippen molar-refractivity contribution in [2.24, 2.45) is 17.8 Å². The van der Waals surface area contributed by atoms with Crippen molar-refractivity contribution in [3.8, 4) is 0 Å². The third-order valence-corrected chi connectivity index (χ3v) is 14.6. The van der Waals surface area contributed by atoms with Crippen LogP contribution in [0.3, 0.4) is 0 Å². The average molecular weight is 780 g/mol. The van der Waals surface area contributed by atoms with E-state index in [2.05, 4.69) is 15.5 Å². The number of carbonyl (C=O) groups is 1. The van der Waals surface area contributed by atoms with E-state index < -0.39 is 28.3 Å². The topological polar surface area (TPSA) is 143 Å². The van der Waals surface area contributed by atoms with E-state index in [0.717, 1.165) is 64.9 Å². The van der Waals surface area contributed by atoms with Crippen molar-refractivity contribution in [1.29, 1.82) is 0 Å². The van der Waals surface area contributed by atoms with E-state index in [1.165, 1.54) is 41.3 Å². The molecule has 3 unspecified atom stereocenters. The van der Waals surface area contributed by atoms with Crippen molar-refractivity contribution < 1.29 is 32.5 Å². The van der Waals surface area contributed by atoms with E-state index in [1.807, 2.05) is 44.2 Å². The molecule has 3 N–H and O–H groups in total. The fourth-order valence-corrected chi connectivity index (χ4v) is 11.7. The Kier molecular flexibility index (Phi) is 11.3. The van der Waals surface area contributed by atoms with Crippen LogP contribution in [0.2, 0.25) is 0 Å². The minimum absolute atomic E-state index is 0.0118. The summed E-state index contributed by atoms with van der Waals surface area (Å²) >= 11 is 1.47. The molecular weight excluding hydrogens is 727 g/mol. The number of aliphatic hydroxyl groups excluding tert-OH is 1. The zero-order valence-corrected chi connectivity index (χ0v) is 32.8. The zero-order valence-electron chi connectivity index (χ0n) is 31.2. The third kappa shape index (κ3) is 8.21. The van der Waals surface area contributed by atoms with E-state index in [9.17, 15) is 18.3 Å². The average Bonchev–Trinajstić information content (AvgIpc) is 3.96. The van der Waals surface area contributed by atoms with Crippen molar-refractivity contribution in [3.05, 3.63) is 65.4 Å². The Morgan fingerprint density at radius 3 is 2.61 bits per heavy atom. The van der Waals surface area contributed by atoms with E-state index in [0.29, 0.717) is 25.0 Å². The molecule has 12 nitrogen and oxygen atoms in total. The molecule has 8 rings (SSSR count). The normalized spacial score (nSPS) is 24.9. The quantitative estimate of drug-likeness (QED) is 0.186. The van der Waals surface area contributed by atoms with Crippen molar-refractivity contribution in [1.82, 2.24) is 19.5 Å². The number of hydrogen-bond acceptors (Lipinski definition) is 11. The molecule has 4 heterocycles. The highest BCUT2D eigenvalue weighted by molar-refractivity contribution is 7.89. The van der Waals surface area contributed by atoms with Crippen LogP contribution in [0.1, 0.15) is 64.4 Å². The summed E-state index contributed by atoms with van der Waals surface area (Å²) in [4.78, 5) is 21.1. The molecule has 4 fully saturated rings. The molecule has 3 aromatic rings. The van der Waals surface area contributed by atoms with Gasteiger partial charge in [-0.1, -0.05) is 68.4 Å². The molecule has 5 atom stereocenters. The Bertz CT molecular complexity index is 1920. The van der Waals surface area contributed by atoms with Gasteiger partial charge in [0, 0.05) is 55.7 Å². The number of aliphatic hydroxyl groups is 1. The Balaban J connectivity index is 0.962. The summed E-state index contributed by atoms with van der Waals surface area (Å²) in [6.07, 6.45) is 6.36. The second kappa shape index (κ2) is 16.2. The highest BCUT2D eigenvalue weighted by atomic mass is 32.2. The van der Waals surface area contributed by atoms with Gasteiger partial charge in [0.2, 0.25) is 10.0 Å². The Morgan fingerprint density at radius 2 is 1.85 bits per heavy atom. The molecule has 2 bridgehead atoms. The molecule has 5 aliphatic rings. The summed E-state index contributed by atoms with van der Waals surface area (Å²) in [7, 11) is -4.04. The number of anilines is 1. The van der Waals surface area contributed by atoms with Gasteiger partial charge in [-0.3, -0.25) is 0 Å². The maximum atomic E-state index is 14.4. The number of carbonyl (C=O) groups excluding carboxylic acids is 1. The fraction of sp³-hybridized carbons (Fsp3) is 0.600. The van der Waals surface area contributed by atoms with Crippen LogP contribution in [0.25, 0.3) is 10.2 Å². The van der Waals surface area contributed by atoms with Crippen LogP contribution in [0.15, 0.2) is 64.8 Å². The molecule has 3 saturated heterocycles. The first-order valence-electron chi connectivity index (χ1n) is 19.7. The van der Waals surface area contributed by atoms with E-state index >= 15 is 0 Å². The first-order valence-corrected chi connectivity index (χ1v) is 21.9. The van der Waals surface area contributed by atoms with Crippen LogP contribution in [0, 0.1) is 17.8 Å². The predicted molar refractivity (Wildman–Crippen MR) is 208 cm³/mol. The molecule has 1 saturated carbocycles. The molecule has 3 aliphatic heterocycles. The molecule has 54 heavy (non-hydrogen) atoms. The summed E-state index contributed by atoms with van der Waals surface area (Å²) in [5, 5.41) is 19.1. The van der Waals surface area contributed by atoms with Gasteiger partial charge in [-0.05, 0) is 68.2 Å². The van der Waals surface area contributed by atoms with Crippen LogP contribution in [-0.4, -0.2) is 104 Å². The minimum Gasteiger partial charge on any atom is -0.414 e. The van der Waals surface area contributed by atoms with Crippen LogP contribution in [0.4, 0.5) is 9.93 Å². The lowest BCUT2D eigenvalue weighted by molar-refractivity contribution is -0.161. The van der Waals surface area contributed by atoms with Crippen molar-refractivity contribution in [2.75, 3.05) is 44.7 Å². The number of likely N-dealkylation sites (tertiary alicyclic amines) is 1. The lowest BCUT2D eigenvalue weighted by atomic mass is 9.99. The number of nitrogens with zero attached hydrogens (tertiary/aromatic N) is 3. The van der Waals surface area contributed by atoms with Gasteiger partial charge in [0.15, 0.2) is 11.4 Å². The predicted octanol–water partition coefficient (Wildman–Crippen LogP) is 5.74. The number of thiazole rings is 1. The standard InChI is InChI=1S/C40H53N5O7S2/c1-25(2)21-45(54(48,49)30-12-13-33-36(20-30)53-39(42-33)41-28-14-16-44(17-15-28)29-10-6-7-11-29)22-35(46)34(18-26-8-4-3-5-9-26)43-40(47)52-37-27-19-31-32(37)24-51-38(31)50-23-27/h3-5,8-9,12-13,20,25,27-29,31,34-35,38,46H,6-7,10-11,14-19,21-24H2,1-2H3,(H,41,42)(H,43,47)/t27?,31?,34-,35+,38?/m0/s1. The number of rotatable bonds is 14. The van der Waals surface area contributed by atoms with Crippen LogP contribution < -0.4 is 10.6 Å². The van der Waals surface area contributed by atoms with Gasteiger partial charge < -0.3 is 34.9 Å². The fourth-order valence-electron chi connectivity index (χ4n) is 8.99. The van der Waals surface area contributed by atoms with Gasteiger partial charge in [-0.2, -0.15) is 4.31 Å². The number of ether oxygens (including phenoxy) is 3. The van der Waals surface area contributed by atoms with E-state index in [4.69, 9.17) is 19.2 Å². The largest absolute Gasteiger partial charge is 0.414 e. The van der Waals surface area contributed by atoms with Gasteiger partial charge in [0.1, 0.15) is 5.76 Å². The number of piperidine rings is 1. The number of amides is 1. The number of hydrogen-bond donors (Lipinski definition) is 3. The molecule has 14 heteroatoms. The van der Waals surface area contributed by atoms with Gasteiger partial charge in [-0.15, -0.1) is 0 Å². The van der Waals surface area contributed by atoms with Crippen molar-refractivity contribution in [2.45, 2.75) is 101 Å². The SMILES string of the molecule is CC(C)CN(C[C@@H](O)[C@H](Cc1ccccc1)NC(=O)OC1=C2COC3OCC1CC23)S(=O)(=O)c1ccc2nc(NC3CCN(C4CCCC4)CC3)sc2c1. The second-order valence-electron chi connectivity index (χ2n) is 16.1. The smallest absolute Gasteiger partial charge is 0.412 e. The van der Waals surface area contributed by atoms with Crippen molar-refractivity contribution in [3.63, 3.8) is 0 Å². The van der Waals surface area contributed by atoms with Gasteiger partial charge in [0.25, 0.3) is 0 Å². The third-order valence-electron chi connectivity index (χ3n) is 11.8. The maximum Gasteiger partial charge on any atom is 0.412 e. The molecule has 0 spiro atoms. The van der Waals surface area contributed by atoms with Crippen LogP contribution >= 0.6 is 11.3 Å². The van der Waals surface area contributed by atoms with Gasteiger partial charge in [-0.25, -0.2) is 18.2 Å². The number of nitrogens with one attached hydrogen (secondary N) is 2. The molecule has 0 radical (unpaired) electrons. The first-order chi connectivity index (χ1) is 26.1. The van der Waals surface area contributed by atoms with Crippen LogP contribution in [0.5, 0.6) is 0 Å². The monoisotopic (exact) mass is 779 g/mol. The summed E-state index contributed by atoms with van der Waals surface area (Å²) in [6.45, 7) is 6.86. The van der Waals surface area contributed by atoms with Gasteiger partial charge >= 0.3 is 6.09 Å². The summed E-state index contributed by atoms with van der Waals surface area (Å²) in [5.74, 6) is 0.664. The van der Waals surface area contributed by atoms with Crippen LogP contribution in [-0.2, 0) is 30.7 Å². The first kappa shape index (κ1) is 37.8. The highest BCUT2D eigenvalue weighted by Gasteiger charge is 2.49. The zero-order chi connectivity index (χ0) is 37.4. The molecular formula is C40H53N5O7S2. The molecule has 292 valence electrons. The second-order valence-corrected chi connectivity index (χ2v) is 19.1. The Morgan fingerprint density at radius 1 is 1.07 bits per heavy atom. The lowest BCUT2D eigenvalue weighted by Gasteiger charge is -2.36. The highest BCUT2D eigenvalue weighted by Crippen LogP contribution is 2.48. The van der Waals surface area contributed by atoms with Gasteiger partial charge in [0.05, 0.1) is 40.5 Å². The Hall–Kier alpha value is -3.11. The summed E-state index contributed by atoms with van der Waals surface area (Å²) in [5.41, 5.74) is 2.60. The molecule has 2 aromatic carbocycles. The molecule has 2 aliphatic carbocycles. The minimum atomic E-state index is -4.04. The molecule has 1 amide bonds. The number of benzene rings is 2. The summed E-state index contributed by atoms with van der Waals surface area (Å²) in [6, 6.07) is 14.8. The maximum absolute atomic E-state index is 14.4. The number of fused-ring (bicyclic) bond motifs is 2. The number of aromatic nitrogens is 1. The number of alkyl carbamates (subject to hydrolysis) is 1. The number of sulfonamides is 1. The molecule has 1 aromatic heterocycles. The summed E-state index contributed by atoms with van der Waals surface area (Å²) < 4.78 is 48.3.